The molecule has 0 saturated heterocycles. The molecule has 0 aromatic carbocycles. The standard InChI is InChI=1S/C6H15ClN2O2S/c1-6(7)5-9(4)12(10,11)8(2)3/h6H,5H2,1-4H3. The second kappa shape index (κ2) is 4.41. The van der Waals surface area contributed by atoms with E-state index in [-0.39, 0.29) is 5.38 Å². The zero-order valence-corrected chi connectivity index (χ0v) is 9.35. The first-order valence-electron chi connectivity index (χ1n) is 3.56. The summed E-state index contributed by atoms with van der Waals surface area (Å²) in [6, 6.07) is 0. The minimum absolute atomic E-state index is 0.176. The fourth-order valence-electron chi connectivity index (χ4n) is 0.727. The lowest BCUT2D eigenvalue weighted by Crippen LogP contribution is -2.39. The van der Waals surface area contributed by atoms with Gasteiger partial charge in [0.25, 0.3) is 10.2 Å². The largest absolute Gasteiger partial charge is 0.281 e. The summed E-state index contributed by atoms with van der Waals surface area (Å²) in [6.07, 6.45) is 0. The number of alkyl halides is 1. The fraction of sp³-hybridized carbons (Fsp3) is 1.00. The molecule has 0 radical (unpaired) electrons. The molecule has 1 unspecified atom stereocenters. The first kappa shape index (κ1) is 12.2. The van der Waals surface area contributed by atoms with Crippen LogP contribution in [0.25, 0.3) is 0 Å². The van der Waals surface area contributed by atoms with E-state index in [2.05, 4.69) is 0 Å². The molecule has 0 spiro atoms. The van der Waals surface area contributed by atoms with Crippen LogP contribution in [0.5, 0.6) is 0 Å². The van der Waals surface area contributed by atoms with Crippen molar-refractivity contribution in [2.24, 2.45) is 0 Å². The first-order chi connectivity index (χ1) is 5.28. The molecule has 1 atom stereocenters. The number of nitrogens with zero attached hydrogens (tertiary/aromatic N) is 2. The summed E-state index contributed by atoms with van der Waals surface area (Å²) in [7, 11) is 1.20. The van der Waals surface area contributed by atoms with Crippen molar-refractivity contribution in [2.75, 3.05) is 27.7 Å². The molecule has 6 heteroatoms. The van der Waals surface area contributed by atoms with Crippen molar-refractivity contribution in [1.29, 1.82) is 0 Å². The van der Waals surface area contributed by atoms with E-state index in [0.717, 1.165) is 4.31 Å². The minimum Gasteiger partial charge on any atom is -0.195 e. The number of hydrogen-bond acceptors (Lipinski definition) is 2. The van der Waals surface area contributed by atoms with Crippen LogP contribution in [0, 0.1) is 0 Å². The third-order valence-electron chi connectivity index (χ3n) is 1.36. The molecule has 0 aromatic rings. The van der Waals surface area contributed by atoms with Gasteiger partial charge < -0.3 is 0 Å². The predicted molar refractivity (Wildman–Crippen MR) is 50.6 cm³/mol. The van der Waals surface area contributed by atoms with Crippen LogP contribution < -0.4 is 0 Å². The van der Waals surface area contributed by atoms with Crippen molar-refractivity contribution in [1.82, 2.24) is 8.61 Å². The Kier molecular flexibility index (Phi) is 4.47. The Morgan fingerprint density at radius 2 is 1.75 bits per heavy atom. The van der Waals surface area contributed by atoms with E-state index in [0.29, 0.717) is 6.54 Å². The minimum atomic E-state index is -3.29. The topological polar surface area (TPSA) is 40.6 Å². The highest BCUT2D eigenvalue weighted by molar-refractivity contribution is 7.86. The molecular formula is C6H15ClN2O2S. The van der Waals surface area contributed by atoms with E-state index < -0.39 is 10.2 Å². The number of halogens is 1. The summed E-state index contributed by atoms with van der Waals surface area (Å²) < 4.78 is 25.1. The molecule has 0 aliphatic carbocycles. The van der Waals surface area contributed by atoms with Crippen molar-refractivity contribution in [2.45, 2.75) is 12.3 Å². The molecule has 0 aromatic heterocycles. The van der Waals surface area contributed by atoms with Crippen LogP contribution in [-0.4, -0.2) is 50.1 Å². The van der Waals surface area contributed by atoms with Gasteiger partial charge in [0.15, 0.2) is 0 Å². The lowest BCUT2D eigenvalue weighted by molar-refractivity contribution is 0.418. The summed E-state index contributed by atoms with van der Waals surface area (Å²) in [5.41, 5.74) is 0. The monoisotopic (exact) mass is 214 g/mol. The quantitative estimate of drug-likeness (QED) is 0.634. The van der Waals surface area contributed by atoms with Crippen molar-refractivity contribution < 1.29 is 8.42 Å². The van der Waals surface area contributed by atoms with Gasteiger partial charge in [-0.3, -0.25) is 0 Å². The van der Waals surface area contributed by atoms with E-state index in [1.807, 2.05) is 0 Å². The lowest BCUT2D eigenvalue weighted by atomic mass is 10.5. The maximum Gasteiger partial charge on any atom is 0.281 e. The molecular weight excluding hydrogens is 200 g/mol. The smallest absolute Gasteiger partial charge is 0.195 e. The first-order valence-corrected chi connectivity index (χ1v) is 5.39. The Morgan fingerprint density at radius 1 is 1.33 bits per heavy atom. The second-order valence-corrected chi connectivity index (χ2v) is 5.85. The summed E-state index contributed by atoms with van der Waals surface area (Å²) in [5, 5.41) is -0.176. The van der Waals surface area contributed by atoms with E-state index >= 15 is 0 Å². The Hall–Kier alpha value is 0.160. The van der Waals surface area contributed by atoms with Crippen LogP contribution in [0.3, 0.4) is 0 Å². The zero-order chi connectivity index (χ0) is 9.94. The lowest BCUT2D eigenvalue weighted by Gasteiger charge is -2.21. The van der Waals surface area contributed by atoms with Crippen molar-refractivity contribution >= 4 is 21.8 Å². The zero-order valence-electron chi connectivity index (χ0n) is 7.78. The molecule has 0 bridgehead atoms. The molecule has 12 heavy (non-hydrogen) atoms. The highest BCUT2D eigenvalue weighted by Crippen LogP contribution is 2.04. The van der Waals surface area contributed by atoms with Gasteiger partial charge in [0.2, 0.25) is 0 Å². The molecule has 4 nitrogen and oxygen atoms in total. The Morgan fingerprint density at radius 3 is 2.00 bits per heavy atom. The molecule has 0 N–H and O–H groups in total. The van der Waals surface area contributed by atoms with Crippen molar-refractivity contribution in [3.05, 3.63) is 0 Å². The Labute approximate surface area is 79.3 Å². The molecule has 0 amide bonds. The Bertz CT molecular complexity index is 226. The molecule has 0 aliphatic rings. The molecule has 0 fully saturated rings. The summed E-state index contributed by atoms with van der Waals surface area (Å²) in [4.78, 5) is 0. The fourth-order valence-corrected chi connectivity index (χ4v) is 1.99. The van der Waals surface area contributed by atoms with Gasteiger partial charge >= 0.3 is 0 Å². The SMILES string of the molecule is CC(Cl)CN(C)S(=O)(=O)N(C)C. The number of rotatable bonds is 4. The van der Waals surface area contributed by atoms with Crippen LogP contribution in [-0.2, 0) is 10.2 Å². The van der Waals surface area contributed by atoms with E-state index in [9.17, 15) is 8.42 Å². The average molecular weight is 215 g/mol. The van der Waals surface area contributed by atoms with Gasteiger partial charge in [-0.2, -0.15) is 17.0 Å². The molecule has 0 heterocycles. The van der Waals surface area contributed by atoms with E-state index in [4.69, 9.17) is 11.6 Å². The predicted octanol–water partition coefficient (Wildman–Crippen LogP) is 0.352. The average Bonchev–Trinajstić information content (AvgIpc) is 1.85. The normalized spacial score (nSPS) is 15.6. The Balaban J connectivity index is 4.38. The second-order valence-electron chi connectivity index (χ2n) is 2.85. The van der Waals surface area contributed by atoms with Gasteiger partial charge in [0.1, 0.15) is 0 Å². The van der Waals surface area contributed by atoms with Crippen molar-refractivity contribution in [3.63, 3.8) is 0 Å². The van der Waals surface area contributed by atoms with Gasteiger partial charge in [0.05, 0.1) is 0 Å². The highest BCUT2D eigenvalue weighted by atomic mass is 35.5. The maximum atomic E-state index is 11.4. The van der Waals surface area contributed by atoms with Gasteiger partial charge in [-0.25, -0.2) is 0 Å². The van der Waals surface area contributed by atoms with Crippen LogP contribution in [0.1, 0.15) is 6.92 Å². The maximum absolute atomic E-state index is 11.4. The van der Waals surface area contributed by atoms with Gasteiger partial charge in [-0.1, -0.05) is 0 Å². The third kappa shape index (κ3) is 3.26. The third-order valence-corrected chi connectivity index (χ3v) is 3.36. The van der Waals surface area contributed by atoms with Gasteiger partial charge in [-0.15, -0.1) is 11.6 Å². The van der Waals surface area contributed by atoms with Crippen LogP contribution >= 0.6 is 11.6 Å². The summed E-state index contributed by atoms with van der Waals surface area (Å²) in [5.74, 6) is 0. The molecule has 0 rings (SSSR count). The molecule has 0 aliphatic heterocycles. The van der Waals surface area contributed by atoms with E-state index in [1.165, 1.54) is 25.4 Å². The van der Waals surface area contributed by atoms with E-state index in [1.54, 1.807) is 6.92 Å². The van der Waals surface area contributed by atoms with Gasteiger partial charge in [-0.05, 0) is 6.92 Å². The van der Waals surface area contributed by atoms with Crippen LogP contribution in [0.2, 0.25) is 0 Å². The summed E-state index contributed by atoms with van der Waals surface area (Å²) >= 11 is 5.66. The summed E-state index contributed by atoms with van der Waals surface area (Å²) in [6.45, 7) is 2.07. The van der Waals surface area contributed by atoms with Crippen LogP contribution in [0.4, 0.5) is 0 Å². The molecule has 0 saturated carbocycles. The molecule has 74 valence electrons. The van der Waals surface area contributed by atoms with Crippen molar-refractivity contribution in [3.8, 4) is 0 Å². The number of hydrogen-bond donors (Lipinski definition) is 0. The highest BCUT2D eigenvalue weighted by Gasteiger charge is 2.20. The van der Waals surface area contributed by atoms with Gasteiger partial charge in [0, 0.05) is 33.1 Å². The van der Waals surface area contributed by atoms with Crippen LogP contribution in [0.15, 0.2) is 0 Å².